The molecule has 0 aliphatic heterocycles. The van der Waals surface area contributed by atoms with Gasteiger partial charge in [0.25, 0.3) is 0 Å². The van der Waals surface area contributed by atoms with Crippen LogP contribution in [0.5, 0.6) is 11.5 Å². The van der Waals surface area contributed by atoms with Gasteiger partial charge >= 0.3 is 5.97 Å². The summed E-state index contributed by atoms with van der Waals surface area (Å²) in [7, 11) is 0. The van der Waals surface area contributed by atoms with Gasteiger partial charge in [-0.15, -0.1) is 11.6 Å². The lowest BCUT2D eigenvalue weighted by atomic mass is 10.1. The average molecular weight is 517 g/mol. The Labute approximate surface area is 221 Å². The van der Waals surface area contributed by atoms with E-state index in [1.165, 1.54) is 51.4 Å². The Balaban J connectivity index is 1.74. The average Bonchev–Trinajstić information content (AvgIpc) is 2.90. The van der Waals surface area contributed by atoms with E-state index >= 15 is 0 Å². The van der Waals surface area contributed by atoms with Crippen LogP contribution in [0, 0.1) is 11.1 Å². The molecule has 0 spiro atoms. The number of alkyl halides is 1. The van der Waals surface area contributed by atoms with Crippen LogP contribution < -0.4 is 9.47 Å². The molecule has 0 aliphatic rings. The van der Waals surface area contributed by atoms with Crippen molar-refractivity contribution in [2.45, 2.75) is 90.4 Å². The lowest BCUT2D eigenvalue weighted by Crippen LogP contribution is -2.26. The fourth-order valence-electron chi connectivity index (χ4n) is 3.63. The maximum atomic E-state index is 12.4. The van der Waals surface area contributed by atoms with Gasteiger partial charge < -0.3 is 14.7 Å². The standard InChI is InChI=1S/C29H41ClN2O4/c1-4-6-7-8-9-10-11-12-13-22-35-26-20-16-25(17-21-26)32(34)31-24-14-18-27(19-15-24)36-29(33)28(30)23(3)5-2/h14-21,23,28H,4-13,22H2,1-3H3/t23-,28-/m0/s1. The molecule has 2 aromatic carbocycles. The Bertz CT molecular complexity index is 916. The number of azo groups is 1. The molecule has 6 nitrogen and oxygen atoms in total. The van der Waals surface area contributed by atoms with E-state index in [0.717, 1.165) is 18.6 Å². The van der Waals surface area contributed by atoms with Gasteiger partial charge in [-0.2, -0.15) is 0 Å². The van der Waals surface area contributed by atoms with Crippen molar-refractivity contribution < 1.29 is 19.1 Å². The van der Waals surface area contributed by atoms with Crippen molar-refractivity contribution in [1.29, 1.82) is 0 Å². The van der Waals surface area contributed by atoms with E-state index in [-0.39, 0.29) is 5.92 Å². The number of ether oxygens (including phenoxy) is 2. The first-order valence-electron chi connectivity index (χ1n) is 13.3. The summed E-state index contributed by atoms with van der Waals surface area (Å²) < 4.78 is 11.1. The zero-order valence-corrected chi connectivity index (χ0v) is 22.7. The molecule has 0 saturated heterocycles. The van der Waals surface area contributed by atoms with Gasteiger partial charge in [-0.25, -0.2) is 0 Å². The van der Waals surface area contributed by atoms with Crippen molar-refractivity contribution in [2.24, 2.45) is 11.0 Å². The fraction of sp³-hybridized carbons (Fsp3) is 0.552. The molecule has 7 heteroatoms. The molecule has 0 N–H and O–H groups in total. The Morgan fingerprint density at radius 1 is 0.889 bits per heavy atom. The van der Waals surface area contributed by atoms with E-state index < -0.39 is 11.3 Å². The van der Waals surface area contributed by atoms with Crippen LogP contribution in [-0.2, 0) is 4.79 Å². The molecule has 0 amide bonds. The number of unbranched alkanes of at least 4 members (excludes halogenated alkanes) is 8. The largest absolute Gasteiger partial charge is 0.594 e. The van der Waals surface area contributed by atoms with Crippen LogP contribution >= 0.6 is 11.6 Å². The zero-order valence-electron chi connectivity index (χ0n) is 22.0. The highest BCUT2D eigenvalue weighted by atomic mass is 35.5. The van der Waals surface area contributed by atoms with Gasteiger partial charge in [0.1, 0.15) is 22.6 Å². The second-order valence-electron chi connectivity index (χ2n) is 9.25. The van der Waals surface area contributed by atoms with Crippen molar-refractivity contribution in [3.63, 3.8) is 0 Å². The quantitative estimate of drug-likeness (QED) is 0.0399. The summed E-state index contributed by atoms with van der Waals surface area (Å²) in [4.78, 5) is 12.7. The van der Waals surface area contributed by atoms with Gasteiger partial charge in [0, 0.05) is 17.2 Å². The second kappa shape index (κ2) is 17.0. The Morgan fingerprint density at radius 2 is 1.44 bits per heavy atom. The number of nitrogens with zero attached hydrogens (tertiary/aromatic N) is 2. The van der Waals surface area contributed by atoms with Gasteiger partial charge in [0.05, 0.1) is 6.61 Å². The third-order valence-corrected chi connectivity index (χ3v) is 6.81. The molecular weight excluding hydrogens is 476 g/mol. The molecule has 0 saturated carbocycles. The lowest BCUT2D eigenvalue weighted by Gasteiger charge is -2.14. The van der Waals surface area contributed by atoms with E-state index in [0.29, 0.717) is 28.6 Å². The molecule has 198 valence electrons. The molecule has 0 bridgehead atoms. The number of benzene rings is 2. The number of carbonyl (C=O) groups excluding carboxylic acids is 1. The Kier molecular flexibility index (Phi) is 14.0. The van der Waals surface area contributed by atoms with E-state index in [2.05, 4.69) is 12.0 Å². The molecule has 0 radical (unpaired) electrons. The Hall–Kier alpha value is -2.60. The maximum absolute atomic E-state index is 12.4. The first-order chi connectivity index (χ1) is 17.4. The van der Waals surface area contributed by atoms with Crippen molar-refractivity contribution in [2.75, 3.05) is 6.61 Å². The van der Waals surface area contributed by atoms with Crippen molar-refractivity contribution in [3.8, 4) is 11.5 Å². The van der Waals surface area contributed by atoms with Crippen LogP contribution in [0.2, 0.25) is 0 Å². The number of carbonyl (C=O) groups is 1. The first kappa shape index (κ1) is 29.6. The first-order valence-corrected chi connectivity index (χ1v) is 13.8. The topological polar surface area (TPSA) is 74.0 Å². The minimum Gasteiger partial charge on any atom is -0.594 e. The number of hydrogen-bond donors (Lipinski definition) is 0. The molecule has 0 aromatic heterocycles. The third-order valence-electron chi connectivity index (χ3n) is 6.20. The molecule has 36 heavy (non-hydrogen) atoms. The van der Waals surface area contributed by atoms with Crippen LogP contribution in [0.25, 0.3) is 0 Å². The summed E-state index contributed by atoms with van der Waals surface area (Å²) >= 11 is 6.13. The SMILES string of the molecule is CCCCCCCCCCCOc1ccc([N+]([O-])=Nc2ccc(OC(=O)[C@@H](Cl)[C@@H](C)CC)cc2)cc1. The third kappa shape index (κ3) is 11.0. The number of halogens is 1. The molecular formula is C29H41ClN2O4. The molecule has 0 unspecified atom stereocenters. The van der Waals surface area contributed by atoms with E-state index in [1.54, 1.807) is 48.5 Å². The van der Waals surface area contributed by atoms with Crippen LogP contribution in [0.1, 0.15) is 85.0 Å². The van der Waals surface area contributed by atoms with Crippen molar-refractivity contribution in [1.82, 2.24) is 0 Å². The highest BCUT2D eigenvalue weighted by Gasteiger charge is 2.23. The molecule has 0 aliphatic carbocycles. The summed E-state index contributed by atoms with van der Waals surface area (Å²) in [6.07, 6.45) is 12.3. The van der Waals surface area contributed by atoms with Gasteiger partial charge in [-0.05, 0) is 48.7 Å². The van der Waals surface area contributed by atoms with Crippen LogP contribution in [-0.4, -0.2) is 22.8 Å². The highest BCUT2D eigenvalue weighted by Crippen LogP contribution is 2.24. The van der Waals surface area contributed by atoms with Crippen LogP contribution in [0.3, 0.4) is 0 Å². The monoisotopic (exact) mass is 516 g/mol. The smallest absolute Gasteiger partial charge is 0.329 e. The molecule has 0 fully saturated rings. The van der Waals surface area contributed by atoms with Crippen LogP contribution in [0.15, 0.2) is 53.6 Å². The number of rotatable bonds is 17. The maximum Gasteiger partial charge on any atom is 0.329 e. The summed E-state index contributed by atoms with van der Waals surface area (Å²) in [5.74, 6) is 0.641. The predicted molar refractivity (Wildman–Crippen MR) is 146 cm³/mol. The Morgan fingerprint density at radius 3 is 2.03 bits per heavy atom. The molecule has 2 atom stereocenters. The molecule has 2 aromatic rings. The molecule has 2 rings (SSSR count). The summed E-state index contributed by atoms with van der Waals surface area (Å²) in [5, 5.41) is 15.8. The van der Waals surface area contributed by atoms with Gasteiger partial charge in [0.15, 0.2) is 0 Å². The van der Waals surface area contributed by atoms with E-state index in [9.17, 15) is 10.0 Å². The molecule has 0 heterocycles. The zero-order chi connectivity index (χ0) is 26.2. The summed E-state index contributed by atoms with van der Waals surface area (Å²) in [5.41, 5.74) is 0.847. The minimum atomic E-state index is -0.700. The van der Waals surface area contributed by atoms with E-state index in [4.69, 9.17) is 21.1 Å². The lowest BCUT2D eigenvalue weighted by molar-refractivity contribution is -0.435. The summed E-state index contributed by atoms with van der Waals surface area (Å²) in [6.45, 7) is 6.80. The number of hydrogen-bond acceptors (Lipinski definition) is 5. The predicted octanol–water partition coefficient (Wildman–Crippen LogP) is 9.08. The summed E-state index contributed by atoms with van der Waals surface area (Å²) in [6, 6.07) is 13.4. The van der Waals surface area contributed by atoms with Gasteiger partial charge in [-0.3, -0.25) is 4.79 Å². The second-order valence-corrected chi connectivity index (χ2v) is 9.72. The number of esters is 1. The van der Waals surface area contributed by atoms with Crippen molar-refractivity contribution >= 4 is 28.9 Å². The minimum absolute atomic E-state index is 0.0224. The van der Waals surface area contributed by atoms with E-state index in [1.807, 2.05) is 13.8 Å². The van der Waals surface area contributed by atoms with Crippen molar-refractivity contribution in [3.05, 3.63) is 53.7 Å². The highest BCUT2D eigenvalue weighted by molar-refractivity contribution is 6.30. The van der Waals surface area contributed by atoms with Gasteiger partial charge in [0.2, 0.25) is 5.69 Å². The fourth-order valence-corrected chi connectivity index (χ4v) is 3.85. The van der Waals surface area contributed by atoms with Crippen LogP contribution in [0.4, 0.5) is 11.4 Å². The van der Waals surface area contributed by atoms with Gasteiger partial charge in [-0.1, -0.05) is 83.4 Å². The normalized spacial score (nSPS) is 13.3.